The van der Waals surface area contributed by atoms with Crippen molar-refractivity contribution in [3.05, 3.63) is 47.1 Å². The molecule has 0 bridgehead atoms. The first-order valence-corrected chi connectivity index (χ1v) is 8.24. The number of halogens is 1. The Morgan fingerprint density at radius 1 is 1.29 bits per heavy atom. The molecule has 24 heavy (non-hydrogen) atoms. The molecule has 1 aromatic carbocycles. The van der Waals surface area contributed by atoms with Gasteiger partial charge in [-0.2, -0.15) is 0 Å². The molecule has 0 saturated heterocycles. The number of nitrogens with zero attached hydrogens (tertiary/aromatic N) is 2. The largest absolute Gasteiger partial charge is 0.508 e. The molecule has 3 aromatic rings. The molecule has 0 spiro atoms. The summed E-state index contributed by atoms with van der Waals surface area (Å²) in [5, 5.41) is 12.6. The zero-order valence-electron chi connectivity index (χ0n) is 13.0. The Morgan fingerprint density at radius 3 is 2.75 bits per heavy atom. The lowest BCUT2D eigenvalue weighted by Crippen LogP contribution is -2.17. The summed E-state index contributed by atoms with van der Waals surface area (Å²) < 4.78 is 7.72. The number of rotatable bonds is 5. The Morgan fingerprint density at radius 2 is 2.04 bits per heavy atom. The molecule has 0 saturated carbocycles. The zero-order valence-corrected chi connectivity index (χ0v) is 14.6. The van der Waals surface area contributed by atoms with Crippen LogP contribution in [0.3, 0.4) is 0 Å². The summed E-state index contributed by atoms with van der Waals surface area (Å²) in [6, 6.07) is 10.5. The molecule has 7 heteroatoms. The molecule has 0 aliphatic rings. The van der Waals surface area contributed by atoms with Gasteiger partial charge in [0.1, 0.15) is 29.5 Å². The molecule has 0 aliphatic carbocycles. The molecular formula is C17H16BrN3O3. The minimum atomic E-state index is -0.334. The van der Waals surface area contributed by atoms with Gasteiger partial charge in [-0.1, -0.05) is 0 Å². The van der Waals surface area contributed by atoms with Gasteiger partial charge in [0.25, 0.3) is 0 Å². The normalized spacial score (nSPS) is 10.8. The van der Waals surface area contributed by atoms with Crippen LogP contribution in [0.25, 0.3) is 16.9 Å². The quantitative estimate of drug-likeness (QED) is 0.653. The van der Waals surface area contributed by atoms with Crippen LogP contribution in [0.5, 0.6) is 5.75 Å². The third-order valence-electron chi connectivity index (χ3n) is 3.43. The predicted molar refractivity (Wildman–Crippen MR) is 95.1 cm³/mol. The van der Waals surface area contributed by atoms with E-state index in [1.807, 2.05) is 22.7 Å². The third-order valence-corrected chi connectivity index (χ3v) is 3.90. The van der Waals surface area contributed by atoms with Crippen LogP contribution in [0.4, 0.5) is 5.82 Å². The van der Waals surface area contributed by atoms with Crippen LogP contribution in [0.15, 0.2) is 47.1 Å². The maximum atomic E-state index is 11.7. The SMILES string of the molecule is CCOC(=O)CNc1c(-c2ccc(O)cc2)nc2ccc(Br)cn12. The van der Waals surface area contributed by atoms with Crippen molar-refractivity contribution < 1.29 is 14.6 Å². The van der Waals surface area contributed by atoms with Gasteiger partial charge in [-0.05, 0) is 59.3 Å². The van der Waals surface area contributed by atoms with E-state index in [9.17, 15) is 9.90 Å². The third kappa shape index (κ3) is 3.35. The summed E-state index contributed by atoms with van der Waals surface area (Å²) in [5.74, 6) is 0.537. The van der Waals surface area contributed by atoms with Gasteiger partial charge in [-0.25, -0.2) is 4.98 Å². The second-order valence-corrected chi connectivity index (χ2v) is 6.01. The Balaban J connectivity index is 2.05. The van der Waals surface area contributed by atoms with Crippen molar-refractivity contribution in [1.29, 1.82) is 0 Å². The van der Waals surface area contributed by atoms with Gasteiger partial charge in [-0.3, -0.25) is 9.20 Å². The van der Waals surface area contributed by atoms with Gasteiger partial charge >= 0.3 is 5.97 Å². The standard InChI is InChI=1S/C17H16BrN3O3/c1-2-24-15(23)9-19-17-16(11-3-6-13(22)7-4-11)20-14-8-5-12(18)10-21(14)17/h3-8,10,19,22H,2,9H2,1H3. The van der Waals surface area contributed by atoms with Crippen molar-refractivity contribution in [3.8, 4) is 17.0 Å². The van der Waals surface area contributed by atoms with Crippen LogP contribution in [0, 0.1) is 0 Å². The highest BCUT2D eigenvalue weighted by molar-refractivity contribution is 9.10. The number of carbonyl (C=O) groups is 1. The molecular weight excluding hydrogens is 374 g/mol. The number of carbonyl (C=O) groups excluding carboxylic acids is 1. The summed E-state index contributed by atoms with van der Waals surface area (Å²) in [4.78, 5) is 16.3. The van der Waals surface area contributed by atoms with E-state index in [1.54, 1.807) is 31.2 Å². The van der Waals surface area contributed by atoms with Crippen LogP contribution in [-0.4, -0.2) is 33.6 Å². The van der Waals surface area contributed by atoms with E-state index in [-0.39, 0.29) is 18.3 Å². The number of fused-ring (bicyclic) bond motifs is 1. The predicted octanol–water partition coefficient (Wildman–Crippen LogP) is 3.44. The Kier molecular flexibility index (Phi) is 4.71. The van der Waals surface area contributed by atoms with Crippen molar-refractivity contribution in [2.24, 2.45) is 0 Å². The topological polar surface area (TPSA) is 75.9 Å². The number of nitrogens with one attached hydrogen (secondary N) is 1. The van der Waals surface area contributed by atoms with E-state index in [0.29, 0.717) is 18.1 Å². The number of phenols is 1. The van der Waals surface area contributed by atoms with E-state index in [1.165, 1.54) is 0 Å². The molecule has 6 nitrogen and oxygen atoms in total. The van der Waals surface area contributed by atoms with Crippen LogP contribution in [-0.2, 0) is 9.53 Å². The van der Waals surface area contributed by atoms with E-state index < -0.39 is 0 Å². The summed E-state index contributed by atoms with van der Waals surface area (Å²) in [6.07, 6.45) is 1.87. The molecule has 124 valence electrons. The number of phenolic OH excluding ortho intramolecular Hbond substituents is 1. The van der Waals surface area contributed by atoms with Gasteiger partial charge in [-0.15, -0.1) is 0 Å². The second-order valence-electron chi connectivity index (χ2n) is 5.09. The van der Waals surface area contributed by atoms with Crippen LogP contribution < -0.4 is 5.32 Å². The summed E-state index contributed by atoms with van der Waals surface area (Å²) in [5.41, 5.74) is 2.27. The molecule has 2 N–H and O–H groups in total. The molecule has 3 rings (SSSR count). The molecule has 0 atom stereocenters. The van der Waals surface area contributed by atoms with E-state index in [2.05, 4.69) is 26.2 Å². The lowest BCUT2D eigenvalue weighted by molar-refractivity contribution is -0.140. The van der Waals surface area contributed by atoms with Crippen molar-refractivity contribution in [1.82, 2.24) is 9.38 Å². The number of benzene rings is 1. The smallest absolute Gasteiger partial charge is 0.325 e. The number of aromatic nitrogens is 2. The zero-order chi connectivity index (χ0) is 17.1. The minimum absolute atomic E-state index is 0.0409. The summed E-state index contributed by atoms with van der Waals surface area (Å²) in [6.45, 7) is 2.15. The number of hydrogen-bond donors (Lipinski definition) is 2. The van der Waals surface area contributed by atoms with Crippen molar-refractivity contribution >= 4 is 33.4 Å². The Bertz CT molecular complexity index is 875. The molecule has 0 unspecified atom stereocenters. The number of ether oxygens (including phenoxy) is 1. The number of aromatic hydroxyl groups is 1. The summed E-state index contributed by atoms with van der Waals surface area (Å²) in [7, 11) is 0. The number of esters is 1. The molecule has 2 aromatic heterocycles. The number of anilines is 1. The van der Waals surface area contributed by atoms with Crippen molar-refractivity contribution in [2.45, 2.75) is 6.92 Å². The molecule has 0 fully saturated rings. The highest BCUT2D eigenvalue weighted by Gasteiger charge is 2.15. The van der Waals surface area contributed by atoms with Gasteiger partial charge in [0.15, 0.2) is 0 Å². The molecule has 0 radical (unpaired) electrons. The average molecular weight is 390 g/mol. The minimum Gasteiger partial charge on any atom is -0.508 e. The van der Waals surface area contributed by atoms with Crippen LogP contribution in [0.2, 0.25) is 0 Å². The highest BCUT2D eigenvalue weighted by Crippen LogP contribution is 2.30. The first kappa shape index (κ1) is 16.3. The van der Waals surface area contributed by atoms with Gasteiger partial charge in [0.2, 0.25) is 0 Å². The lowest BCUT2D eigenvalue weighted by atomic mass is 10.1. The van der Waals surface area contributed by atoms with Gasteiger partial charge in [0.05, 0.1) is 6.61 Å². The first-order chi connectivity index (χ1) is 11.6. The fourth-order valence-corrected chi connectivity index (χ4v) is 2.71. The Labute approximate surface area is 147 Å². The fraction of sp³-hybridized carbons (Fsp3) is 0.176. The highest BCUT2D eigenvalue weighted by atomic mass is 79.9. The molecule has 2 heterocycles. The second kappa shape index (κ2) is 6.92. The van der Waals surface area contributed by atoms with E-state index in [4.69, 9.17) is 4.74 Å². The fourth-order valence-electron chi connectivity index (χ4n) is 2.38. The maximum Gasteiger partial charge on any atom is 0.325 e. The average Bonchev–Trinajstić information content (AvgIpc) is 2.91. The van der Waals surface area contributed by atoms with Crippen LogP contribution >= 0.6 is 15.9 Å². The van der Waals surface area contributed by atoms with Gasteiger partial charge in [0, 0.05) is 16.2 Å². The molecule has 0 aliphatic heterocycles. The van der Waals surface area contributed by atoms with E-state index in [0.717, 1.165) is 15.7 Å². The monoisotopic (exact) mass is 389 g/mol. The summed E-state index contributed by atoms with van der Waals surface area (Å²) >= 11 is 3.45. The van der Waals surface area contributed by atoms with Crippen molar-refractivity contribution in [2.75, 3.05) is 18.5 Å². The molecule has 0 amide bonds. The lowest BCUT2D eigenvalue weighted by Gasteiger charge is -2.09. The number of pyridine rings is 1. The first-order valence-electron chi connectivity index (χ1n) is 7.45. The maximum absolute atomic E-state index is 11.7. The number of hydrogen-bond acceptors (Lipinski definition) is 5. The Hall–Kier alpha value is -2.54. The van der Waals surface area contributed by atoms with Crippen LogP contribution in [0.1, 0.15) is 6.92 Å². The number of imidazole rings is 1. The van der Waals surface area contributed by atoms with Gasteiger partial charge < -0.3 is 15.2 Å². The van der Waals surface area contributed by atoms with E-state index >= 15 is 0 Å². The van der Waals surface area contributed by atoms with Crippen molar-refractivity contribution in [3.63, 3.8) is 0 Å².